The predicted octanol–water partition coefficient (Wildman–Crippen LogP) is 2.99. The second kappa shape index (κ2) is 10.1. The smallest absolute Gasteiger partial charge is 0.338 e. The normalized spacial score (nSPS) is 19.1. The van der Waals surface area contributed by atoms with Crippen molar-refractivity contribution in [1.29, 1.82) is 0 Å². The second-order valence-electron chi connectivity index (χ2n) is 7.43. The van der Waals surface area contributed by atoms with E-state index >= 15 is 0 Å². The first kappa shape index (κ1) is 21.7. The fraction of sp³-hybridized carbons (Fsp3) is 0.500. The van der Waals surface area contributed by atoms with Gasteiger partial charge in [-0.25, -0.2) is 9.59 Å². The van der Waals surface area contributed by atoms with Gasteiger partial charge in [0.25, 0.3) is 0 Å². The highest BCUT2D eigenvalue weighted by atomic mass is 16.5. The third-order valence-corrected chi connectivity index (χ3v) is 5.41. The molecule has 3 rings (SSSR count). The number of carbonyl (C=O) groups is 3. The van der Waals surface area contributed by atoms with Crippen molar-refractivity contribution in [2.24, 2.45) is 5.92 Å². The topological polar surface area (TPSA) is 103 Å². The number of esters is 2. The van der Waals surface area contributed by atoms with Crippen LogP contribution in [0, 0.1) is 5.92 Å². The summed E-state index contributed by atoms with van der Waals surface area (Å²) in [5.41, 5.74) is 1.14. The monoisotopic (exact) mass is 416 g/mol. The van der Waals surface area contributed by atoms with Crippen LogP contribution in [0.4, 0.5) is 4.79 Å². The van der Waals surface area contributed by atoms with E-state index in [0.29, 0.717) is 23.7 Å². The molecule has 0 unspecified atom stereocenters. The molecule has 2 aliphatic rings. The quantitative estimate of drug-likeness (QED) is 0.632. The number of carbonyl (C=O) groups excluding carboxylic acids is 3. The van der Waals surface area contributed by atoms with Gasteiger partial charge in [0.15, 0.2) is 0 Å². The third-order valence-electron chi connectivity index (χ3n) is 5.41. The second-order valence-corrected chi connectivity index (χ2v) is 7.43. The van der Waals surface area contributed by atoms with Crippen molar-refractivity contribution in [3.05, 3.63) is 41.1 Å². The van der Waals surface area contributed by atoms with Crippen LogP contribution in [0.15, 0.2) is 35.5 Å². The van der Waals surface area contributed by atoms with Gasteiger partial charge in [-0.1, -0.05) is 25.0 Å². The molecule has 2 N–H and O–H groups in total. The largest absolute Gasteiger partial charge is 0.497 e. The van der Waals surface area contributed by atoms with Crippen LogP contribution in [0.1, 0.15) is 50.6 Å². The van der Waals surface area contributed by atoms with Crippen LogP contribution in [0.25, 0.3) is 0 Å². The molecule has 1 aliphatic heterocycles. The number of ether oxygens (including phenoxy) is 3. The summed E-state index contributed by atoms with van der Waals surface area (Å²) in [7, 11) is 1.56. The van der Waals surface area contributed by atoms with Crippen molar-refractivity contribution in [2.45, 2.75) is 45.1 Å². The molecule has 162 valence electrons. The maximum Gasteiger partial charge on any atom is 0.338 e. The summed E-state index contributed by atoms with van der Waals surface area (Å²) >= 11 is 0. The van der Waals surface area contributed by atoms with E-state index in [1.165, 1.54) is 0 Å². The highest BCUT2D eigenvalue weighted by Gasteiger charge is 2.34. The van der Waals surface area contributed by atoms with E-state index in [9.17, 15) is 14.4 Å². The summed E-state index contributed by atoms with van der Waals surface area (Å²) in [6.07, 6.45) is 4.71. The highest BCUT2D eigenvalue weighted by Crippen LogP contribution is 2.30. The van der Waals surface area contributed by atoms with Gasteiger partial charge in [-0.2, -0.15) is 0 Å². The van der Waals surface area contributed by atoms with E-state index < -0.39 is 18.0 Å². The molecule has 1 atom stereocenters. The van der Waals surface area contributed by atoms with Gasteiger partial charge >= 0.3 is 18.0 Å². The first-order valence-corrected chi connectivity index (χ1v) is 10.3. The van der Waals surface area contributed by atoms with Crippen LogP contribution in [0.3, 0.4) is 0 Å². The number of nitrogens with one attached hydrogen (secondary N) is 2. The van der Waals surface area contributed by atoms with E-state index in [1.54, 1.807) is 38.3 Å². The van der Waals surface area contributed by atoms with Crippen molar-refractivity contribution in [3.63, 3.8) is 0 Å². The van der Waals surface area contributed by atoms with E-state index in [0.717, 1.165) is 25.7 Å². The van der Waals surface area contributed by atoms with E-state index in [-0.39, 0.29) is 30.5 Å². The molecule has 1 fully saturated rings. The summed E-state index contributed by atoms with van der Waals surface area (Å²) < 4.78 is 15.8. The first-order valence-electron chi connectivity index (χ1n) is 10.3. The minimum absolute atomic E-state index is 0.181. The lowest BCUT2D eigenvalue weighted by atomic mass is 9.95. The Labute approximate surface area is 175 Å². The number of hydrogen-bond acceptors (Lipinski definition) is 6. The average Bonchev–Trinajstić information content (AvgIpc) is 3.25. The lowest BCUT2D eigenvalue weighted by Crippen LogP contribution is -2.47. The Morgan fingerprint density at radius 3 is 2.43 bits per heavy atom. The summed E-state index contributed by atoms with van der Waals surface area (Å²) in [6.45, 7) is 1.69. The van der Waals surface area contributed by atoms with Crippen LogP contribution in [-0.2, 0) is 19.1 Å². The first-order chi connectivity index (χ1) is 14.5. The molecule has 30 heavy (non-hydrogen) atoms. The van der Waals surface area contributed by atoms with Crippen LogP contribution < -0.4 is 15.4 Å². The van der Waals surface area contributed by atoms with Crippen molar-refractivity contribution in [2.75, 3.05) is 20.3 Å². The van der Waals surface area contributed by atoms with Gasteiger partial charge in [-0.3, -0.25) is 4.79 Å². The molecule has 0 saturated heterocycles. The van der Waals surface area contributed by atoms with Gasteiger partial charge < -0.3 is 24.8 Å². The Balaban J connectivity index is 1.82. The molecule has 1 aliphatic carbocycles. The van der Waals surface area contributed by atoms with Gasteiger partial charge in [-0.05, 0) is 43.4 Å². The molecule has 0 radical (unpaired) electrons. The number of benzene rings is 1. The average molecular weight is 416 g/mol. The van der Waals surface area contributed by atoms with Crippen molar-refractivity contribution >= 4 is 18.0 Å². The molecule has 8 heteroatoms. The SMILES string of the molecule is CCOC(=O)C1=C(COC(=O)CC2CCCC2)NC(=O)N[C@H]1c1ccc(OC)cc1. The maximum absolute atomic E-state index is 12.7. The summed E-state index contributed by atoms with van der Waals surface area (Å²) in [4.78, 5) is 37.2. The standard InChI is InChI=1S/C22H28N2O6/c1-3-29-21(26)19-17(13-30-18(25)12-14-6-4-5-7-14)23-22(27)24-20(19)15-8-10-16(28-2)11-9-15/h8-11,14,20H,3-7,12-13H2,1-2H3,(H2,23,24,27)/t20-/m0/s1. The van der Waals surface area contributed by atoms with E-state index in [2.05, 4.69) is 10.6 Å². The molecule has 8 nitrogen and oxygen atoms in total. The van der Waals surface area contributed by atoms with Crippen molar-refractivity contribution in [3.8, 4) is 5.75 Å². The number of rotatable bonds is 8. The minimum atomic E-state index is -0.729. The van der Waals surface area contributed by atoms with Crippen molar-refractivity contribution < 1.29 is 28.6 Å². The number of methoxy groups -OCH3 is 1. The molecule has 1 saturated carbocycles. The Morgan fingerprint density at radius 2 is 1.80 bits per heavy atom. The summed E-state index contributed by atoms with van der Waals surface area (Å²) in [5, 5.41) is 5.35. The Hall–Kier alpha value is -3.03. The van der Waals surface area contributed by atoms with Crippen LogP contribution in [0.2, 0.25) is 0 Å². The molecular weight excluding hydrogens is 388 g/mol. The number of urea groups is 1. The number of hydrogen-bond donors (Lipinski definition) is 2. The molecule has 0 aromatic heterocycles. The molecular formula is C22H28N2O6. The van der Waals surface area contributed by atoms with Crippen LogP contribution in [0.5, 0.6) is 5.75 Å². The summed E-state index contributed by atoms with van der Waals surface area (Å²) in [6, 6.07) is 5.80. The molecule has 0 spiro atoms. The van der Waals surface area contributed by atoms with Crippen LogP contribution >= 0.6 is 0 Å². The van der Waals surface area contributed by atoms with Gasteiger partial charge in [0.05, 0.1) is 31.0 Å². The Morgan fingerprint density at radius 1 is 1.10 bits per heavy atom. The Bertz CT molecular complexity index is 811. The fourth-order valence-electron chi connectivity index (χ4n) is 3.89. The van der Waals surface area contributed by atoms with E-state index in [1.807, 2.05) is 0 Å². The predicted molar refractivity (Wildman–Crippen MR) is 109 cm³/mol. The summed E-state index contributed by atoms with van der Waals surface area (Å²) in [5.74, 6) is 0.103. The molecule has 1 heterocycles. The fourth-order valence-corrected chi connectivity index (χ4v) is 3.89. The highest BCUT2D eigenvalue weighted by molar-refractivity contribution is 5.95. The maximum atomic E-state index is 12.7. The lowest BCUT2D eigenvalue weighted by molar-refractivity contribution is -0.144. The molecule has 1 aromatic carbocycles. The van der Waals surface area contributed by atoms with E-state index in [4.69, 9.17) is 14.2 Å². The lowest BCUT2D eigenvalue weighted by Gasteiger charge is -2.29. The molecule has 1 aromatic rings. The molecule has 0 bridgehead atoms. The Kier molecular flexibility index (Phi) is 7.32. The van der Waals surface area contributed by atoms with Crippen molar-refractivity contribution in [1.82, 2.24) is 10.6 Å². The zero-order valence-electron chi connectivity index (χ0n) is 17.4. The van der Waals surface area contributed by atoms with Gasteiger partial charge in [0, 0.05) is 6.42 Å². The zero-order valence-corrected chi connectivity index (χ0v) is 17.4. The number of amides is 2. The molecule has 2 amide bonds. The van der Waals surface area contributed by atoms with Gasteiger partial charge in [0.2, 0.25) is 0 Å². The minimum Gasteiger partial charge on any atom is -0.497 e. The third kappa shape index (κ3) is 5.31. The van der Waals surface area contributed by atoms with Crippen LogP contribution in [-0.4, -0.2) is 38.3 Å². The van der Waals surface area contributed by atoms with Gasteiger partial charge in [-0.15, -0.1) is 0 Å². The zero-order chi connectivity index (χ0) is 21.5. The van der Waals surface area contributed by atoms with Gasteiger partial charge in [0.1, 0.15) is 12.4 Å².